The van der Waals surface area contributed by atoms with Crippen LogP contribution < -0.4 is 5.32 Å². The third kappa shape index (κ3) is 5.65. The highest BCUT2D eigenvalue weighted by Crippen LogP contribution is 2.19. The second-order valence-electron chi connectivity index (χ2n) is 6.87. The van der Waals surface area contributed by atoms with Gasteiger partial charge in [-0.2, -0.15) is 0 Å². The normalized spacial score (nSPS) is 12.3. The summed E-state index contributed by atoms with van der Waals surface area (Å²) in [6, 6.07) is 19.4. The van der Waals surface area contributed by atoms with E-state index in [0.717, 1.165) is 17.0 Å². The maximum Gasteiger partial charge on any atom is 0.338 e. The van der Waals surface area contributed by atoms with Crippen LogP contribution in [-0.2, 0) is 25.1 Å². The number of benzene rings is 3. The number of hydrogen-bond acceptors (Lipinski definition) is 5. The second kappa shape index (κ2) is 8.45. The van der Waals surface area contributed by atoms with Crippen LogP contribution in [-0.4, -0.2) is 32.7 Å². The van der Waals surface area contributed by atoms with E-state index in [1.165, 1.54) is 19.1 Å². The van der Waals surface area contributed by atoms with Crippen molar-refractivity contribution >= 4 is 38.2 Å². The smallest absolute Gasteiger partial charge is 0.338 e. The van der Waals surface area contributed by atoms with Crippen LogP contribution in [0.25, 0.3) is 10.8 Å². The Bertz CT molecular complexity index is 1150. The molecule has 0 aliphatic rings. The number of carbonyl (C=O) groups is 2. The number of carbonyl (C=O) groups excluding carboxylic acids is 2. The summed E-state index contributed by atoms with van der Waals surface area (Å²) in [5.41, 5.74) is 1.43. The summed E-state index contributed by atoms with van der Waals surface area (Å²) in [6.45, 7) is 1.49. The Morgan fingerprint density at radius 2 is 1.62 bits per heavy atom. The number of nitrogens with one attached hydrogen (secondary N) is 1. The van der Waals surface area contributed by atoms with E-state index in [9.17, 15) is 18.0 Å². The molecule has 3 aromatic carbocycles. The predicted molar refractivity (Wildman–Crippen MR) is 112 cm³/mol. The summed E-state index contributed by atoms with van der Waals surface area (Å²) in [7, 11) is -3.15. The fraction of sp³-hybridized carbons (Fsp3) is 0.182. The molecule has 3 aromatic rings. The van der Waals surface area contributed by atoms with Crippen LogP contribution in [0.1, 0.15) is 22.8 Å². The zero-order valence-electron chi connectivity index (χ0n) is 16.1. The predicted octanol–water partition coefficient (Wildman–Crippen LogP) is 3.57. The van der Waals surface area contributed by atoms with Crippen LogP contribution in [0, 0.1) is 0 Å². The van der Waals surface area contributed by atoms with Crippen LogP contribution >= 0.6 is 0 Å². The lowest BCUT2D eigenvalue weighted by molar-refractivity contribution is -0.123. The monoisotopic (exact) mass is 411 g/mol. The molecule has 0 spiro atoms. The van der Waals surface area contributed by atoms with Gasteiger partial charge in [-0.1, -0.05) is 42.5 Å². The largest absolute Gasteiger partial charge is 0.449 e. The summed E-state index contributed by atoms with van der Waals surface area (Å²) in [4.78, 5) is 24.6. The molecule has 0 aliphatic carbocycles. The van der Waals surface area contributed by atoms with E-state index in [-0.39, 0.29) is 11.3 Å². The van der Waals surface area contributed by atoms with Crippen LogP contribution in [0.3, 0.4) is 0 Å². The molecular weight excluding hydrogens is 390 g/mol. The average molecular weight is 411 g/mol. The van der Waals surface area contributed by atoms with Crippen molar-refractivity contribution in [2.45, 2.75) is 18.8 Å². The highest BCUT2D eigenvalue weighted by atomic mass is 32.2. The van der Waals surface area contributed by atoms with E-state index < -0.39 is 27.8 Å². The lowest BCUT2D eigenvalue weighted by Crippen LogP contribution is -2.30. The molecule has 150 valence electrons. The van der Waals surface area contributed by atoms with E-state index in [0.29, 0.717) is 11.3 Å². The molecule has 3 rings (SSSR count). The van der Waals surface area contributed by atoms with Crippen molar-refractivity contribution < 1.29 is 22.7 Å². The van der Waals surface area contributed by atoms with Crippen molar-refractivity contribution in [3.8, 4) is 0 Å². The first-order valence-electron chi connectivity index (χ1n) is 8.98. The molecule has 1 atom stereocenters. The number of sulfone groups is 1. The summed E-state index contributed by atoms with van der Waals surface area (Å²) in [5.74, 6) is -1.20. The zero-order valence-corrected chi connectivity index (χ0v) is 16.9. The highest BCUT2D eigenvalue weighted by Gasteiger charge is 2.19. The quantitative estimate of drug-likeness (QED) is 0.627. The zero-order chi connectivity index (χ0) is 21.0. The van der Waals surface area contributed by atoms with Gasteiger partial charge in [-0.25, -0.2) is 13.2 Å². The minimum atomic E-state index is -3.15. The molecule has 0 saturated heterocycles. The van der Waals surface area contributed by atoms with Crippen LogP contribution in [0.15, 0.2) is 66.7 Å². The van der Waals surface area contributed by atoms with Gasteiger partial charge in [-0.3, -0.25) is 4.79 Å². The first-order chi connectivity index (χ1) is 13.7. The Morgan fingerprint density at radius 1 is 0.966 bits per heavy atom. The van der Waals surface area contributed by atoms with Gasteiger partial charge in [0.1, 0.15) is 0 Å². The van der Waals surface area contributed by atoms with Crippen LogP contribution in [0.2, 0.25) is 0 Å². The molecular formula is C22H21NO5S. The Kier molecular flexibility index (Phi) is 5.98. The Balaban J connectivity index is 1.61. The number of esters is 1. The molecule has 0 aromatic heterocycles. The molecule has 1 N–H and O–H groups in total. The van der Waals surface area contributed by atoms with E-state index >= 15 is 0 Å². The number of hydrogen-bond donors (Lipinski definition) is 1. The summed E-state index contributed by atoms with van der Waals surface area (Å²) in [6.07, 6.45) is 0.148. The van der Waals surface area contributed by atoms with Gasteiger partial charge in [-0.05, 0) is 47.5 Å². The molecule has 0 heterocycles. The summed E-state index contributed by atoms with van der Waals surface area (Å²) in [5, 5.41) is 4.79. The Hall–Kier alpha value is -3.19. The lowest BCUT2D eigenvalue weighted by atomic mass is 10.1. The second-order valence-corrected chi connectivity index (χ2v) is 9.01. The molecule has 7 heteroatoms. The summed E-state index contributed by atoms with van der Waals surface area (Å²) >= 11 is 0. The SMILES string of the molecule is C[C@@H](OC(=O)c1ccc(CS(C)(=O)=O)cc1)C(=O)Nc1ccc2ccccc2c1. The fourth-order valence-electron chi connectivity index (χ4n) is 2.83. The maximum atomic E-state index is 12.4. The van der Waals surface area contributed by atoms with Crippen molar-refractivity contribution in [2.75, 3.05) is 11.6 Å². The fourth-order valence-corrected chi connectivity index (χ4v) is 3.63. The molecule has 0 radical (unpaired) electrons. The molecule has 6 nitrogen and oxygen atoms in total. The number of anilines is 1. The van der Waals surface area contributed by atoms with Gasteiger partial charge in [0.05, 0.1) is 11.3 Å². The van der Waals surface area contributed by atoms with Crippen molar-refractivity contribution in [3.63, 3.8) is 0 Å². The molecule has 0 bridgehead atoms. The minimum absolute atomic E-state index is 0.104. The van der Waals surface area contributed by atoms with E-state index in [1.54, 1.807) is 18.2 Å². The highest BCUT2D eigenvalue weighted by molar-refractivity contribution is 7.89. The van der Waals surface area contributed by atoms with Gasteiger partial charge < -0.3 is 10.1 Å². The van der Waals surface area contributed by atoms with Gasteiger partial charge in [-0.15, -0.1) is 0 Å². The van der Waals surface area contributed by atoms with Gasteiger partial charge in [0.25, 0.3) is 5.91 Å². The van der Waals surface area contributed by atoms with Crippen molar-refractivity contribution in [2.24, 2.45) is 0 Å². The van der Waals surface area contributed by atoms with Gasteiger partial charge in [0.2, 0.25) is 0 Å². The molecule has 0 saturated carbocycles. The van der Waals surface area contributed by atoms with E-state index in [1.807, 2.05) is 36.4 Å². The van der Waals surface area contributed by atoms with Crippen LogP contribution in [0.5, 0.6) is 0 Å². The van der Waals surface area contributed by atoms with E-state index in [4.69, 9.17) is 4.74 Å². The first kappa shape index (κ1) is 20.5. The lowest BCUT2D eigenvalue weighted by Gasteiger charge is -2.14. The average Bonchev–Trinajstić information content (AvgIpc) is 2.67. The van der Waals surface area contributed by atoms with E-state index in [2.05, 4.69) is 5.32 Å². The maximum absolute atomic E-state index is 12.4. The van der Waals surface area contributed by atoms with Crippen LogP contribution in [0.4, 0.5) is 5.69 Å². The van der Waals surface area contributed by atoms with Gasteiger partial charge in [0, 0.05) is 11.9 Å². The number of amides is 1. The number of rotatable bonds is 6. The minimum Gasteiger partial charge on any atom is -0.449 e. The van der Waals surface area contributed by atoms with Crippen molar-refractivity contribution in [1.29, 1.82) is 0 Å². The topological polar surface area (TPSA) is 89.5 Å². The summed E-state index contributed by atoms with van der Waals surface area (Å²) < 4.78 is 27.9. The van der Waals surface area contributed by atoms with Crippen molar-refractivity contribution in [3.05, 3.63) is 77.9 Å². The Morgan fingerprint density at radius 3 is 2.28 bits per heavy atom. The standard InChI is InChI=1S/C22H21NO5S/c1-15(21(24)23-20-12-11-17-5-3-4-6-19(17)13-20)28-22(25)18-9-7-16(8-10-18)14-29(2,26)27/h3-13,15H,14H2,1-2H3,(H,23,24)/t15-/m1/s1. The number of ether oxygens (including phenoxy) is 1. The Labute approximate surface area is 169 Å². The molecule has 0 unspecified atom stereocenters. The van der Waals surface area contributed by atoms with Crippen molar-refractivity contribution in [1.82, 2.24) is 0 Å². The number of fused-ring (bicyclic) bond motifs is 1. The molecule has 29 heavy (non-hydrogen) atoms. The molecule has 0 fully saturated rings. The van der Waals surface area contributed by atoms with Gasteiger partial charge in [0.15, 0.2) is 15.9 Å². The molecule has 0 aliphatic heterocycles. The van der Waals surface area contributed by atoms with Gasteiger partial charge >= 0.3 is 5.97 Å². The first-order valence-corrected chi connectivity index (χ1v) is 11.0. The third-order valence-corrected chi connectivity index (χ3v) is 5.15. The third-order valence-electron chi connectivity index (χ3n) is 4.29. The molecule has 1 amide bonds.